The summed E-state index contributed by atoms with van der Waals surface area (Å²) in [4.78, 5) is 20.6. The molecule has 0 rings (SSSR count). The van der Waals surface area contributed by atoms with E-state index < -0.39 is 32.7 Å². The van der Waals surface area contributed by atoms with Gasteiger partial charge in [0.15, 0.2) is 12.4 Å². The monoisotopic (exact) mass is 434 g/mol. The molecule has 0 aliphatic heterocycles. The van der Waals surface area contributed by atoms with Crippen LogP contribution < -0.4 is 0 Å². The first-order valence-corrected chi connectivity index (χ1v) is 11.0. The minimum absolute atomic E-state index is 0.0587. The molecule has 1 unspecified atom stereocenters. The standard InChI is InChI=1S/C20H35O8P/c1-15(2)7-5-8-16(3)9-6-10-17(4)11-12-27-29(25,26)28-19(14-22)20(24)18(23)13-21/h7,9,11,14,18-21,23-24H,5-6,8,10,12-13H2,1-4H3,(H,25,26)/t18-,19+,20-/m1/s1. The van der Waals surface area contributed by atoms with Crippen LogP contribution in [0.25, 0.3) is 0 Å². The summed E-state index contributed by atoms with van der Waals surface area (Å²) < 4.78 is 21.2. The molecular formula is C20H35O8P. The van der Waals surface area contributed by atoms with E-state index in [4.69, 9.17) is 9.63 Å². The highest BCUT2D eigenvalue weighted by Crippen LogP contribution is 2.44. The van der Waals surface area contributed by atoms with E-state index in [9.17, 15) is 24.5 Å². The van der Waals surface area contributed by atoms with E-state index in [2.05, 4.69) is 37.4 Å². The molecule has 0 fully saturated rings. The van der Waals surface area contributed by atoms with Crippen molar-refractivity contribution < 1.29 is 38.6 Å². The molecule has 0 saturated heterocycles. The van der Waals surface area contributed by atoms with Gasteiger partial charge < -0.3 is 25.0 Å². The molecule has 0 spiro atoms. The van der Waals surface area contributed by atoms with Crippen molar-refractivity contribution in [3.63, 3.8) is 0 Å². The summed E-state index contributed by atoms with van der Waals surface area (Å²) in [6, 6.07) is 0. The Hall–Kier alpha value is -1.12. The molecular weight excluding hydrogens is 399 g/mol. The van der Waals surface area contributed by atoms with Crippen molar-refractivity contribution in [1.82, 2.24) is 0 Å². The number of rotatable bonds is 15. The zero-order chi connectivity index (χ0) is 22.4. The molecule has 0 aromatic heterocycles. The number of hydrogen-bond acceptors (Lipinski definition) is 7. The molecule has 168 valence electrons. The molecule has 0 aliphatic rings. The van der Waals surface area contributed by atoms with Gasteiger partial charge in [-0.05, 0) is 53.4 Å². The number of allylic oxidation sites excluding steroid dienone is 5. The first kappa shape index (κ1) is 27.9. The first-order chi connectivity index (χ1) is 13.5. The van der Waals surface area contributed by atoms with Crippen LogP contribution in [-0.4, -0.2) is 58.0 Å². The fraction of sp³-hybridized carbons (Fsp3) is 0.650. The van der Waals surface area contributed by atoms with E-state index in [1.165, 1.54) is 11.1 Å². The van der Waals surface area contributed by atoms with Crippen LogP contribution in [0, 0.1) is 0 Å². The molecule has 29 heavy (non-hydrogen) atoms. The van der Waals surface area contributed by atoms with Crippen LogP contribution in [0.1, 0.15) is 53.4 Å². The Labute approximate surface area is 173 Å². The summed E-state index contributed by atoms with van der Waals surface area (Å²) in [6.45, 7) is 7.06. The Balaban J connectivity index is 4.44. The maximum absolute atomic E-state index is 11.9. The van der Waals surface area contributed by atoms with Crippen molar-refractivity contribution in [1.29, 1.82) is 0 Å². The Morgan fingerprint density at radius 1 is 1.00 bits per heavy atom. The third-order valence-corrected chi connectivity index (χ3v) is 5.08. The van der Waals surface area contributed by atoms with Crippen LogP contribution >= 0.6 is 7.82 Å². The number of phosphoric acid groups is 1. The number of aliphatic hydroxyl groups excluding tert-OH is 3. The number of hydrogen-bond donors (Lipinski definition) is 4. The van der Waals surface area contributed by atoms with E-state index in [0.29, 0.717) is 0 Å². The molecule has 0 bridgehead atoms. The van der Waals surface area contributed by atoms with Crippen molar-refractivity contribution >= 4 is 14.1 Å². The molecule has 9 heteroatoms. The molecule has 0 aromatic carbocycles. The average molecular weight is 434 g/mol. The van der Waals surface area contributed by atoms with Gasteiger partial charge in [0.25, 0.3) is 0 Å². The second-order valence-corrected chi connectivity index (χ2v) is 8.58. The van der Waals surface area contributed by atoms with Crippen LogP contribution in [0.5, 0.6) is 0 Å². The van der Waals surface area contributed by atoms with E-state index in [1.807, 2.05) is 6.92 Å². The molecule has 0 amide bonds. The second kappa shape index (κ2) is 14.8. The Kier molecular flexibility index (Phi) is 14.2. The lowest BCUT2D eigenvalue weighted by Crippen LogP contribution is -2.41. The quantitative estimate of drug-likeness (QED) is 0.176. The summed E-state index contributed by atoms with van der Waals surface area (Å²) >= 11 is 0. The fourth-order valence-electron chi connectivity index (χ4n) is 2.29. The van der Waals surface area contributed by atoms with Gasteiger partial charge in [0, 0.05) is 0 Å². The Morgan fingerprint density at radius 3 is 2.07 bits per heavy atom. The minimum Gasteiger partial charge on any atom is -0.394 e. The maximum atomic E-state index is 11.9. The summed E-state index contributed by atoms with van der Waals surface area (Å²) in [5.74, 6) is 0. The summed E-state index contributed by atoms with van der Waals surface area (Å²) in [7, 11) is -4.63. The average Bonchev–Trinajstić information content (AvgIpc) is 2.64. The molecule has 0 aliphatic carbocycles. The molecule has 0 heterocycles. The molecule has 0 aromatic rings. The van der Waals surface area contributed by atoms with Crippen molar-refractivity contribution in [2.45, 2.75) is 71.7 Å². The first-order valence-electron chi connectivity index (χ1n) is 9.55. The van der Waals surface area contributed by atoms with Gasteiger partial charge in [-0.1, -0.05) is 34.9 Å². The van der Waals surface area contributed by atoms with Gasteiger partial charge in [-0.3, -0.25) is 9.05 Å². The highest BCUT2D eigenvalue weighted by atomic mass is 31.2. The van der Waals surface area contributed by atoms with Crippen molar-refractivity contribution in [2.24, 2.45) is 0 Å². The van der Waals surface area contributed by atoms with Crippen LogP contribution in [0.2, 0.25) is 0 Å². The summed E-state index contributed by atoms with van der Waals surface area (Å²) in [6.07, 6.45) is 4.34. The van der Waals surface area contributed by atoms with E-state index in [-0.39, 0.29) is 12.9 Å². The number of phosphoric ester groups is 1. The summed E-state index contributed by atoms with van der Waals surface area (Å²) in [5.41, 5.74) is 3.57. The van der Waals surface area contributed by atoms with E-state index >= 15 is 0 Å². The molecule has 8 nitrogen and oxygen atoms in total. The topological polar surface area (TPSA) is 134 Å². The van der Waals surface area contributed by atoms with Crippen LogP contribution in [0.4, 0.5) is 0 Å². The van der Waals surface area contributed by atoms with Crippen molar-refractivity contribution in [3.05, 3.63) is 34.9 Å². The maximum Gasteiger partial charge on any atom is 0.473 e. The number of carbonyl (C=O) groups is 1. The SMILES string of the molecule is CC(C)=CCCC(C)=CCCC(C)=CCOP(=O)(O)O[C@@H](C=O)[C@H](O)[C@H](O)CO. The largest absolute Gasteiger partial charge is 0.473 e. The molecule has 4 N–H and O–H groups in total. The third-order valence-electron chi connectivity index (χ3n) is 4.10. The van der Waals surface area contributed by atoms with Gasteiger partial charge in [-0.15, -0.1) is 0 Å². The minimum atomic E-state index is -4.63. The van der Waals surface area contributed by atoms with Crippen molar-refractivity contribution in [3.8, 4) is 0 Å². The van der Waals surface area contributed by atoms with Crippen LogP contribution in [0.15, 0.2) is 34.9 Å². The van der Waals surface area contributed by atoms with Gasteiger partial charge in [0.1, 0.15) is 12.2 Å². The van der Waals surface area contributed by atoms with Crippen LogP contribution in [-0.2, 0) is 18.4 Å². The van der Waals surface area contributed by atoms with Crippen molar-refractivity contribution in [2.75, 3.05) is 13.2 Å². The van der Waals surface area contributed by atoms with Gasteiger partial charge >= 0.3 is 7.82 Å². The fourth-order valence-corrected chi connectivity index (χ4v) is 3.10. The number of aldehydes is 1. The smallest absolute Gasteiger partial charge is 0.394 e. The summed E-state index contributed by atoms with van der Waals surface area (Å²) in [5, 5.41) is 27.7. The van der Waals surface area contributed by atoms with Gasteiger partial charge in [0.05, 0.1) is 13.2 Å². The molecule has 0 radical (unpaired) electrons. The van der Waals surface area contributed by atoms with Gasteiger partial charge in [-0.25, -0.2) is 4.57 Å². The van der Waals surface area contributed by atoms with Gasteiger partial charge in [-0.2, -0.15) is 0 Å². The molecule has 0 saturated carbocycles. The highest BCUT2D eigenvalue weighted by Gasteiger charge is 2.34. The predicted molar refractivity (Wildman–Crippen MR) is 111 cm³/mol. The Morgan fingerprint density at radius 2 is 1.55 bits per heavy atom. The van der Waals surface area contributed by atoms with E-state index in [0.717, 1.165) is 31.3 Å². The van der Waals surface area contributed by atoms with Gasteiger partial charge in [0.2, 0.25) is 0 Å². The lowest BCUT2D eigenvalue weighted by molar-refractivity contribution is -0.127. The lowest BCUT2D eigenvalue weighted by atomic mass is 10.1. The van der Waals surface area contributed by atoms with Crippen LogP contribution in [0.3, 0.4) is 0 Å². The predicted octanol–water partition coefficient (Wildman–Crippen LogP) is 2.82. The zero-order valence-corrected chi connectivity index (χ0v) is 18.5. The Bertz CT molecular complexity index is 622. The normalized spacial score (nSPS) is 17.9. The lowest BCUT2D eigenvalue weighted by Gasteiger charge is -2.23. The number of aliphatic hydroxyl groups is 3. The second-order valence-electron chi connectivity index (χ2n) is 7.17. The number of carbonyl (C=O) groups excluding carboxylic acids is 1. The third kappa shape index (κ3) is 13.7. The highest BCUT2D eigenvalue weighted by molar-refractivity contribution is 7.47. The zero-order valence-electron chi connectivity index (χ0n) is 17.7. The molecule has 4 atom stereocenters. The van der Waals surface area contributed by atoms with E-state index in [1.54, 1.807) is 6.08 Å².